The molecular weight excluding hydrogens is 272 g/mol. The van der Waals surface area contributed by atoms with Crippen molar-refractivity contribution in [1.82, 2.24) is 10.6 Å². The van der Waals surface area contributed by atoms with E-state index in [-0.39, 0.29) is 30.7 Å². The van der Waals surface area contributed by atoms with Crippen LogP contribution < -0.4 is 10.6 Å². The summed E-state index contributed by atoms with van der Waals surface area (Å²) in [6, 6.07) is 0.223. The molecule has 1 fully saturated rings. The molecular formula is C15H28N2O4. The minimum atomic E-state index is -1.05. The maximum Gasteiger partial charge on any atom is 0.407 e. The summed E-state index contributed by atoms with van der Waals surface area (Å²) in [5.41, 5.74) is -0.364. The van der Waals surface area contributed by atoms with Gasteiger partial charge in [-0.1, -0.05) is 39.5 Å². The highest BCUT2D eigenvalue weighted by atomic mass is 16.5. The van der Waals surface area contributed by atoms with E-state index in [2.05, 4.69) is 10.6 Å². The van der Waals surface area contributed by atoms with E-state index < -0.39 is 6.09 Å². The fourth-order valence-electron chi connectivity index (χ4n) is 2.80. The van der Waals surface area contributed by atoms with Gasteiger partial charge in [0.15, 0.2) is 0 Å². The summed E-state index contributed by atoms with van der Waals surface area (Å²) in [6.45, 7) is 4.47. The Hall–Kier alpha value is -1.46. The van der Waals surface area contributed by atoms with Crippen LogP contribution in [-0.4, -0.2) is 36.5 Å². The van der Waals surface area contributed by atoms with Crippen molar-refractivity contribution in [3.63, 3.8) is 0 Å². The number of nitrogens with one attached hydrogen (secondary N) is 2. The largest absolute Gasteiger partial charge is 0.465 e. The zero-order valence-electron chi connectivity index (χ0n) is 13.1. The number of hydrogen-bond acceptors (Lipinski definition) is 3. The van der Waals surface area contributed by atoms with E-state index >= 15 is 0 Å². The van der Waals surface area contributed by atoms with Crippen LogP contribution in [0.4, 0.5) is 9.59 Å². The van der Waals surface area contributed by atoms with E-state index in [1.54, 1.807) is 0 Å². The normalized spacial score (nSPS) is 18.6. The molecule has 0 bridgehead atoms. The minimum Gasteiger partial charge on any atom is -0.465 e. The second kappa shape index (κ2) is 8.74. The summed E-state index contributed by atoms with van der Waals surface area (Å²) in [4.78, 5) is 22.5. The van der Waals surface area contributed by atoms with Crippen molar-refractivity contribution in [2.45, 2.75) is 64.8 Å². The lowest BCUT2D eigenvalue weighted by molar-refractivity contribution is 0.0804. The highest BCUT2D eigenvalue weighted by Gasteiger charge is 2.27. The zero-order valence-corrected chi connectivity index (χ0v) is 13.1. The van der Waals surface area contributed by atoms with Crippen LogP contribution in [-0.2, 0) is 4.74 Å². The number of rotatable bonds is 7. The molecule has 21 heavy (non-hydrogen) atoms. The first kappa shape index (κ1) is 17.6. The second-order valence-corrected chi connectivity index (χ2v) is 6.27. The third-order valence-corrected chi connectivity index (χ3v) is 4.00. The smallest absolute Gasteiger partial charge is 0.407 e. The van der Waals surface area contributed by atoms with Crippen LogP contribution in [0.5, 0.6) is 0 Å². The summed E-state index contributed by atoms with van der Waals surface area (Å²) in [5, 5.41) is 14.0. The van der Waals surface area contributed by atoms with Crippen LogP contribution in [0.1, 0.15) is 58.8 Å². The predicted molar refractivity (Wildman–Crippen MR) is 80.4 cm³/mol. The molecule has 1 saturated carbocycles. The van der Waals surface area contributed by atoms with E-state index in [4.69, 9.17) is 9.84 Å². The van der Waals surface area contributed by atoms with E-state index in [1.807, 2.05) is 13.8 Å². The Morgan fingerprint density at radius 1 is 1.29 bits per heavy atom. The molecule has 1 unspecified atom stereocenters. The number of ether oxygens (including phenoxy) is 1. The topological polar surface area (TPSA) is 87.7 Å². The number of alkyl carbamates (subject to hydrolysis) is 1. The Morgan fingerprint density at radius 3 is 2.52 bits per heavy atom. The summed E-state index contributed by atoms with van der Waals surface area (Å²) in [6.07, 6.45) is 5.84. The van der Waals surface area contributed by atoms with Gasteiger partial charge in [0, 0.05) is 18.0 Å². The van der Waals surface area contributed by atoms with E-state index in [0.29, 0.717) is 0 Å². The first-order valence-corrected chi connectivity index (χ1v) is 7.85. The molecule has 0 radical (unpaired) electrons. The van der Waals surface area contributed by atoms with Gasteiger partial charge < -0.3 is 20.5 Å². The monoisotopic (exact) mass is 300 g/mol. The molecule has 1 aliphatic rings. The first-order valence-electron chi connectivity index (χ1n) is 7.85. The third-order valence-electron chi connectivity index (χ3n) is 4.00. The maximum absolute atomic E-state index is 11.8. The van der Waals surface area contributed by atoms with Crippen LogP contribution >= 0.6 is 0 Å². The standard InChI is InChI=1S/C15H28N2O4/c1-3-9-15(2,10-16-13(18)19)11-21-14(20)17-12-7-5-4-6-8-12/h12,16H,3-11H2,1-2H3,(H,17,20)(H,18,19). The fourth-order valence-corrected chi connectivity index (χ4v) is 2.80. The molecule has 0 heterocycles. The molecule has 0 aromatic rings. The number of carbonyl (C=O) groups excluding carboxylic acids is 1. The molecule has 1 rings (SSSR count). The third kappa shape index (κ3) is 7.20. The molecule has 2 amide bonds. The Kier molecular flexibility index (Phi) is 7.32. The van der Waals surface area contributed by atoms with Gasteiger partial charge in [-0.15, -0.1) is 0 Å². The summed E-state index contributed by atoms with van der Waals surface area (Å²) < 4.78 is 5.31. The fraction of sp³-hybridized carbons (Fsp3) is 0.867. The Balaban J connectivity index is 2.36. The minimum absolute atomic E-state index is 0.222. The molecule has 122 valence electrons. The van der Waals surface area contributed by atoms with E-state index in [9.17, 15) is 9.59 Å². The lowest BCUT2D eigenvalue weighted by Crippen LogP contribution is -2.41. The van der Waals surface area contributed by atoms with Crippen molar-refractivity contribution in [2.75, 3.05) is 13.2 Å². The van der Waals surface area contributed by atoms with Crippen molar-refractivity contribution >= 4 is 12.2 Å². The van der Waals surface area contributed by atoms with Gasteiger partial charge in [0.25, 0.3) is 0 Å². The average molecular weight is 300 g/mol. The highest BCUT2D eigenvalue weighted by Crippen LogP contribution is 2.23. The molecule has 6 heteroatoms. The van der Waals surface area contributed by atoms with Gasteiger partial charge in [0.2, 0.25) is 0 Å². The molecule has 0 aliphatic heterocycles. The van der Waals surface area contributed by atoms with Gasteiger partial charge in [0.05, 0.1) is 0 Å². The number of carboxylic acid groups (broad SMARTS) is 1. The van der Waals surface area contributed by atoms with E-state index in [0.717, 1.165) is 38.5 Å². The van der Waals surface area contributed by atoms with Gasteiger partial charge in [-0.25, -0.2) is 9.59 Å². The molecule has 0 spiro atoms. The van der Waals surface area contributed by atoms with Crippen molar-refractivity contribution in [3.05, 3.63) is 0 Å². The van der Waals surface area contributed by atoms with Gasteiger partial charge in [0.1, 0.15) is 6.61 Å². The Morgan fingerprint density at radius 2 is 1.95 bits per heavy atom. The van der Waals surface area contributed by atoms with Gasteiger partial charge in [-0.05, 0) is 19.3 Å². The van der Waals surface area contributed by atoms with Crippen molar-refractivity contribution < 1.29 is 19.4 Å². The van der Waals surface area contributed by atoms with Crippen molar-refractivity contribution in [1.29, 1.82) is 0 Å². The molecule has 3 N–H and O–H groups in total. The molecule has 0 aromatic heterocycles. The SMILES string of the molecule is CCCC(C)(CNC(=O)O)COC(=O)NC1CCCCC1. The highest BCUT2D eigenvalue weighted by molar-refractivity contribution is 5.67. The molecule has 1 atom stereocenters. The Labute approximate surface area is 126 Å². The molecule has 0 aromatic carbocycles. The van der Waals surface area contributed by atoms with Crippen molar-refractivity contribution in [2.24, 2.45) is 5.41 Å². The van der Waals surface area contributed by atoms with E-state index in [1.165, 1.54) is 6.42 Å². The van der Waals surface area contributed by atoms with Crippen molar-refractivity contribution in [3.8, 4) is 0 Å². The average Bonchev–Trinajstić information content (AvgIpc) is 2.45. The first-order chi connectivity index (χ1) is 9.95. The second-order valence-electron chi connectivity index (χ2n) is 6.27. The van der Waals surface area contributed by atoms with Crippen LogP contribution in [0.3, 0.4) is 0 Å². The molecule has 0 saturated heterocycles. The van der Waals surface area contributed by atoms with Gasteiger partial charge in [-0.2, -0.15) is 0 Å². The van der Waals surface area contributed by atoms with Crippen LogP contribution in [0.15, 0.2) is 0 Å². The lowest BCUT2D eigenvalue weighted by Gasteiger charge is -2.29. The van der Waals surface area contributed by atoms with Crippen LogP contribution in [0.25, 0.3) is 0 Å². The maximum atomic E-state index is 11.8. The lowest BCUT2D eigenvalue weighted by atomic mass is 9.86. The molecule has 6 nitrogen and oxygen atoms in total. The summed E-state index contributed by atoms with van der Waals surface area (Å²) in [5.74, 6) is 0. The van der Waals surface area contributed by atoms with Crippen LogP contribution in [0.2, 0.25) is 0 Å². The molecule has 1 aliphatic carbocycles. The van der Waals surface area contributed by atoms with Gasteiger partial charge >= 0.3 is 12.2 Å². The zero-order chi connectivity index (χ0) is 15.7. The summed E-state index contributed by atoms with van der Waals surface area (Å²) in [7, 11) is 0. The van der Waals surface area contributed by atoms with Gasteiger partial charge in [-0.3, -0.25) is 0 Å². The van der Waals surface area contributed by atoms with Crippen LogP contribution in [0, 0.1) is 5.41 Å². The number of carbonyl (C=O) groups is 2. The Bertz CT molecular complexity index is 343. The summed E-state index contributed by atoms with van der Waals surface area (Å²) >= 11 is 0. The number of hydrogen-bond donors (Lipinski definition) is 3. The number of amides is 2. The quantitative estimate of drug-likeness (QED) is 0.674. The predicted octanol–water partition coefficient (Wildman–Crippen LogP) is 3.12.